The van der Waals surface area contributed by atoms with Crippen LogP contribution in [0.3, 0.4) is 0 Å². The van der Waals surface area contributed by atoms with Gasteiger partial charge in [0.15, 0.2) is 0 Å². The van der Waals surface area contributed by atoms with E-state index in [0.717, 1.165) is 16.5 Å². The molecular formula is C18H16Cl2N2O. The Morgan fingerprint density at radius 2 is 1.91 bits per heavy atom. The van der Waals surface area contributed by atoms with Crippen molar-refractivity contribution in [3.8, 4) is 0 Å². The molecule has 0 saturated carbocycles. The van der Waals surface area contributed by atoms with Crippen molar-refractivity contribution in [1.82, 2.24) is 9.47 Å². The number of hydrogen-bond acceptors (Lipinski definition) is 1. The Morgan fingerprint density at radius 1 is 1.17 bits per heavy atom. The van der Waals surface area contributed by atoms with Crippen molar-refractivity contribution < 1.29 is 4.79 Å². The van der Waals surface area contributed by atoms with Crippen LogP contribution >= 0.6 is 23.2 Å². The molecule has 23 heavy (non-hydrogen) atoms. The molecule has 0 radical (unpaired) electrons. The van der Waals surface area contributed by atoms with E-state index in [0.29, 0.717) is 22.2 Å². The van der Waals surface area contributed by atoms with Gasteiger partial charge in [0.05, 0.1) is 5.56 Å². The van der Waals surface area contributed by atoms with Crippen LogP contribution in [0.5, 0.6) is 0 Å². The van der Waals surface area contributed by atoms with Crippen LogP contribution in [0.25, 0.3) is 10.9 Å². The van der Waals surface area contributed by atoms with E-state index >= 15 is 0 Å². The average molecular weight is 347 g/mol. The number of para-hydroxylation sites is 1. The molecule has 0 aliphatic carbocycles. The molecule has 0 atom stereocenters. The molecule has 0 bridgehead atoms. The van der Waals surface area contributed by atoms with Crippen molar-refractivity contribution in [3.63, 3.8) is 0 Å². The summed E-state index contributed by atoms with van der Waals surface area (Å²) in [6.07, 6.45) is 1.87. The molecule has 0 unspecified atom stereocenters. The molecule has 0 saturated heterocycles. The molecule has 0 spiro atoms. The monoisotopic (exact) mass is 346 g/mol. The first-order valence-electron chi connectivity index (χ1n) is 7.21. The number of hydrogen-bond donors (Lipinski definition) is 0. The summed E-state index contributed by atoms with van der Waals surface area (Å²) >= 11 is 12.1. The van der Waals surface area contributed by atoms with Gasteiger partial charge in [-0.2, -0.15) is 0 Å². The maximum atomic E-state index is 12.8. The molecule has 1 amide bonds. The summed E-state index contributed by atoms with van der Waals surface area (Å²) in [6, 6.07) is 13.2. The molecular weight excluding hydrogens is 331 g/mol. The maximum absolute atomic E-state index is 12.8. The number of amides is 1. The third-order valence-corrected chi connectivity index (χ3v) is 4.48. The second-order valence-electron chi connectivity index (χ2n) is 5.57. The van der Waals surface area contributed by atoms with Gasteiger partial charge in [-0.1, -0.05) is 47.5 Å². The Morgan fingerprint density at radius 3 is 2.65 bits per heavy atom. The number of halogens is 2. The molecule has 3 aromatic rings. The maximum Gasteiger partial charge on any atom is 0.256 e. The lowest BCUT2D eigenvalue weighted by molar-refractivity contribution is 0.0787. The number of rotatable bonds is 3. The molecule has 5 heteroatoms. The van der Waals surface area contributed by atoms with Gasteiger partial charge in [-0.3, -0.25) is 4.79 Å². The second-order valence-corrected chi connectivity index (χ2v) is 6.41. The molecule has 0 N–H and O–H groups in total. The summed E-state index contributed by atoms with van der Waals surface area (Å²) in [5, 5.41) is 2.10. The van der Waals surface area contributed by atoms with E-state index in [1.165, 1.54) is 0 Å². The molecule has 0 aliphatic rings. The fourth-order valence-electron chi connectivity index (χ4n) is 2.69. The molecule has 0 aliphatic heterocycles. The van der Waals surface area contributed by atoms with Crippen LogP contribution in [-0.2, 0) is 13.6 Å². The van der Waals surface area contributed by atoms with E-state index in [-0.39, 0.29) is 5.91 Å². The third kappa shape index (κ3) is 3.07. The average Bonchev–Trinajstić information content (AvgIpc) is 2.87. The van der Waals surface area contributed by atoms with E-state index in [1.807, 2.05) is 48.1 Å². The van der Waals surface area contributed by atoms with Crippen LogP contribution in [0.1, 0.15) is 15.9 Å². The number of benzene rings is 2. The first-order valence-corrected chi connectivity index (χ1v) is 7.96. The van der Waals surface area contributed by atoms with Gasteiger partial charge in [0.2, 0.25) is 0 Å². The Balaban J connectivity index is 1.89. The van der Waals surface area contributed by atoms with Gasteiger partial charge in [0.25, 0.3) is 5.91 Å². The fraction of sp³-hybridized carbons (Fsp3) is 0.167. The summed E-state index contributed by atoms with van der Waals surface area (Å²) in [5.74, 6) is -0.0344. The molecule has 3 rings (SSSR count). The van der Waals surface area contributed by atoms with E-state index in [4.69, 9.17) is 23.2 Å². The highest BCUT2D eigenvalue weighted by Gasteiger charge is 2.18. The minimum Gasteiger partial charge on any atom is -0.350 e. The number of aromatic nitrogens is 1. The van der Waals surface area contributed by atoms with Gasteiger partial charge < -0.3 is 9.47 Å². The highest BCUT2D eigenvalue weighted by Crippen LogP contribution is 2.24. The van der Waals surface area contributed by atoms with Crippen molar-refractivity contribution >= 4 is 40.0 Å². The van der Waals surface area contributed by atoms with Gasteiger partial charge in [-0.25, -0.2) is 0 Å². The van der Waals surface area contributed by atoms with Gasteiger partial charge in [-0.05, 0) is 23.8 Å². The van der Waals surface area contributed by atoms with Crippen molar-refractivity contribution in [2.75, 3.05) is 7.05 Å². The van der Waals surface area contributed by atoms with Gasteiger partial charge in [0, 0.05) is 47.8 Å². The lowest BCUT2D eigenvalue weighted by Crippen LogP contribution is -2.26. The highest BCUT2D eigenvalue weighted by molar-refractivity contribution is 6.35. The Kier molecular flexibility index (Phi) is 4.33. The van der Waals surface area contributed by atoms with Gasteiger partial charge in [0.1, 0.15) is 0 Å². The largest absolute Gasteiger partial charge is 0.350 e. The Bertz CT molecular complexity index is 886. The van der Waals surface area contributed by atoms with Crippen LogP contribution in [0.2, 0.25) is 10.0 Å². The predicted molar refractivity (Wildman–Crippen MR) is 95.2 cm³/mol. The van der Waals surface area contributed by atoms with Crippen LogP contribution in [0.15, 0.2) is 48.7 Å². The van der Waals surface area contributed by atoms with E-state index in [2.05, 4.69) is 0 Å². The van der Waals surface area contributed by atoms with E-state index < -0.39 is 0 Å². The normalized spacial score (nSPS) is 11.0. The smallest absolute Gasteiger partial charge is 0.256 e. The topological polar surface area (TPSA) is 25.2 Å². The zero-order valence-corrected chi connectivity index (χ0v) is 14.4. The molecule has 1 aromatic heterocycles. The SMILES string of the molecule is CN(Cc1ccc(Cl)cc1Cl)C(=O)c1cn(C)c2ccccc12. The van der Waals surface area contributed by atoms with Crippen LogP contribution < -0.4 is 0 Å². The predicted octanol–water partition coefficient (Wildman–Crippen LogP) is 4.76. The van der Waals surface area contributed by atoms with Crippen LogP contribution in [-0.4, -0.2) is 22.4 Å². The van der Waals surface area contributed by atoms with Gasteiger partial charge in [-0.15, -0.1) is 0 Å². The number of nitrogens with zero attached hydrogens (tertiary/aromatic N) is 2. The second kappa shape index (κ2) is 6.26. The molecule has 3 nitrogen and oxygen atoms in total. The quantitative estimate of drug-likeness (QED) is 0.671. The Labute approximate surface area is 145 Å². The third-order valence-electron chi connectivity index (χ3n) is 3.90. The number of carbonyl (C=O) groups excluding carboxylic acids is 1. The summed E-state index contributed by atoms with van der Waals surface area (Å²) in [7, 11) is 3.71. The minimum absolute atomic E-state index is 0.0344. The van der Waals surface area contributed by atoms with Crippen molar-refractivity contribution in [2.24, 2.45) is 7.05 Å². The van der Waals surface area contributed by atoms with E-state index in [9.17, 15) is 4.79 Å². The lowest BCUT2D eigenvalue weighted by Gasteiger charge is -2.18. The fourth-order valence-corrected chi connectivity index (χ4v) is 3.16. The lowest BCUT2D eigenvalue weighted by atomic mass is 10.1. The number of fused-ring (bicyclic) bond motifs is 1. The zero-order valence-electron chi connectivity index (χ0n) is 12.9. The summed E-state index contributed by atoms with van der Waals surface area (Å²) in [5.41, 5.74) is 2.59. The van der Waals surface area contributed by atoms with Gasteiger partial charge >= 0.3 is 0 Å². The number of carbonyl (C=O) groups is 1. The minimum atomic E-state index is -0.0344. The molecule has 1 heterocycles. The van der Waals surface area contributed by atoms with Crippen LogP contribution in [0.4, 0.5) is 0 Å². The van der Waals surface area contributed by atoms with Crippen molar-refractivity contribution in [2.45, 2.75) is 6.54 Å². The first-order chi connectivity index (χ1) is 11.0. The summed E-state index contributed by atoms with van der Waals surface area (Å²) in [6.45, 7) is 0.429. The highest BCUT2D eigenvalue weighted by atomic mass is 35.5. The molecule has 0 fully saturated rings. The van der Waals surface area contributed by atoms with E-state index in [1.54, 1.807) is 24.1 Å². The summed E-state index contributed by atoms with van der Waals surface area (Å²) in [4.78, 5) is 14.5. The molecule has 2 aromatic carbocycles. The summed E-state index contributed by atoms with van der Waals surface area (Å²) < 4.78 is 1.96. The molecule has 118 valence electrons. The van der Waals surface area contributed by atoms with Crippen LogP contribution in [0, 0.1) is 0 Å². The standard InChI is InChI=1S/C18H16Cl2N2O/c1-21-11-15(14-5-3-4-6-17(14)21)18(23)22(2)10-12-7-8-13(19)9-16(12)20/h3-9,11H,10H2,1-2H3. The zero-order chi connectivity index (χ0) is 16.6. The van der Waals surface area contributed by atoms with Crippen molar-refractivity contribution in [3.05, 3.63) is 69.8 Å². The number of aryl methyl sites for hydroxylation is 1. The van der Waals surface area contributed by atoms with Crippen molar-refractivity contribution in [1.29, 1.82) is 0 Å². The Hall–Kier alpha value is -1.97. The first kappa shape index (κ1) is 15.9.